The first-order chi connectivity index (χ1) is 15.2. The molecular weight excluding hydrogens is 400 g/mol. The minimum absolute atomic E-state index is 0.0758. The fourth-order valence-electron chi connectivity index (χ4n) is 3.86. The molecule has 160 valence electrons. The third kappa shape index (κ3) is 4.42. The molecule has 1 unspecified atom stereocenters. The Hall–Kier alpha value is -3.69. The van der Waals surface area contributed by atoms with Crippen LogP contribution in [0, 0.1) is 5.92 Å². The summed E-state index contributed by atoms with van der Waals surface area (Å²) in [5.74, 6) is 2.69. The summed E-state index contributed by atoms with van der Waals surface area (Å²) in [6.45, 7) is 2.05. The third-order valence-electron chi connectivity index (χ3n) is 5.41. The van der Waals surface area contributed by atoms with Crippen LogP contribution in [-0.2, 0) is 13.0 Å². The lowest BCUT2D eigenvalue weighted by molar-refractivity contribution is 0.161. The summed E-state index contributed by atoms with van der Waals surface area (Å²) in [5, 5.41) is 6.99. The average molecular weight is 422 g/mol. The number of benzene rings is 1. The summed E-state index contributed by atoms with van der Waals surface area (Å²) in [4.78, 5) is 27.2. The SMILES string of the molecule is O=C(NCc1ccc2c(c1)OCO2)N1CCCC(Cc2nc(-c3cnccn3)no2)C1. The van der Waals surface area contributed by atoms with Gasteiger partial charge >= 0.3 is 6.03 Å². The molecule has 1 N–H and O–H groups in total. The van der Waals surface area contributed by atoms with Crippen LogP contribution in [0.25, 0.3) is 11.5 Å². The molecule has 2 aliphatic rings. The fraction of sp³-hybridized carbons (Fsp3) is 0.381. The Balaban J connectivity index is 1.15. The standard InChI is InChI=1S/C21H22N6O4/c28-21(24-10-14-3-4-17-18(8-14)30-13-29-17)27-7-1-2-15(12-27)9-19-25-20(26-31-19)16-11-22-5-6-23-16/h3-6,8,11,15H,1-2,7,9-10,12-13H2,(H,24,28). The number of amides is 2. The molecule has 0 saturated carbocycles. The zero-order chi connectivity index (χ0) is 21.0. The van der Waals surface area contributed by atoms with Crippen molar-refractivity contribution >= 4 is 6.03 Å². The molecule has 0 bridgehead atoms. The van der Waals surface area contributed by atoms with Crippen LogP contribution >= 0.6 is 0 Å². The molecule has 1 aromatic carbocycles. The van der Waals surface area contributed by atoms with Gasteiger partial charge in [0.05, 0.1) is 6.20 Å². The van der Waals surface area contributed by atoms with Crippen molar-refractivity contribution in [3.63, 3.8) is 0 Å². The van der Waals surface area contributed by atoms with E-state index in [2.05, 4.69) is 25.4 Å². The van der Waals surface area contributed by atoms with Gasteiger partial charge in [0, 0.05) is 38.4 Å². The summed E-state index contributed by atoms with van der Waals surface area (Å²) in [7, 11) is 0. The molecule has 2 aliphatic heterocycles. The smallest absolute Gasteiger partial charge is 0.317 e. The van der Waals surface area contributed by atoms with E-state index in [4.69, 9.17) is 14.0 Å². The van der Waals surface area contributed by atoms with Gasteiger partial charge in [-0.3, -0.25) is 4.98 Å². The van der Waals surface area contributed by atoms with E-state index in [0.717, 1.165) is 30.7 Å². The minimum Gasteiger partial charge on any atom is -0.454 e. The number of ether oxygens (including phenoxy) is 2. The van der Waals surface area contributed by atoms with Crippen molar-refractivity contribution in [2.45, 2.75) is 25.8 Å². The van der Waals surface area contributed by atoms with Crippen molar-refractivity contribution in [2.24, 2.45) is 5.92 Å². The number of piperidine rings is 1. The predicted molar refractivity (Wildman–Crippen MR) is 108 cm³/mol. The Morgan fingerprint density at radius 3 is 3.06 bits per heavy atom. The highest BCUT2D eigenvalue weighted by molar-refractivity contribution is 5.74. The molecular formula is C21H22N6O4. The Morgan fingerprint density at radius 2 is 2.16 bits per heavy atom. The first-order valence-electron chi connectivity index (χ1n) is 10.2. The van der Waals surface area contributed by atoms with Crippen molar-refractivity contribution in [3.8, 4) is 23.0 Å². The van der Waals surface area contributed by atoms with Gasteiger partial charge in [-0.15, -0.1) is 0 Å². The molecule has 31 heavy (non-hydrogen) atoms. The molecule has 0 aliphatic carbocycles. The highest BCUT2D eigenvalue weighted by Gasteiger charge is 2.26. The molecule has 2 aromatic heterocycles. The first-order valence-corrected chi connectivity index (χ1v) is 10.2. The van der Waals surface area contributed by atoms with E-state index in [1.807, 2.05) is 23.1 Å². The molecule has 0 spiro atoms. The number of rotatable bonds is 5. The molecule has 0 radical (unpaired) electrons. The van der Waals surface area contributed by atoms with Gasteiger partial charge in [0.2, 0.25) is 18.5 Å². The highest BCUT2D eigenvalue weighted by atomic mass is 16.7. The maximum Gasteiger partial charge on any atom is 0.317 e. The second-order valence-electron chi connectivity index (χ2n) is 7.61. The maximum atomic E-state index is 12.7. The van der Waals surface area contributed by atoms with Crippen molar-refractivity contribution in [1.29, 1.82) is 0 Å². The van der Waals surface area contributed by atoms with E-state index >= 15 is 0 Å². The summed E-state index contributed by atoms with van der Waals surface area (Å²) < 4.78 is 16.1. The first kappa shape index (κ1) is 19.3. The quantitative estimate of drug-likeness (QED) is 0.667. The van der Waals surface area contributed by atoms with Crippen molar-refractivity contribution in [3.05, 3.63) is 48.2 Å². The molecule has 10 heteroatoms. The highest BCUT2D eigenvalue weighted by Crippen LogP contribution is 2.32. The van der Waals surface area contributed by atoms with Gasteiger partial charge in [0.1, 0.15) is 5.69 Å². The maximum absolute atomic E-state index is 12.7. The second kappa shape index (κ2) is 8.58. The van der Waals surface area contributed by atoms with Crippen LogP contribution in [0.2, 0.25) is 0 Å². The Morgan fingerprint density at radius 1 is 1.23 bits per heavy atom. The van der Waals surface area contributed by atoms with Crippen molar-refractivity contribution in [2.75, 3.05) is 19.9 Å². The minimum atomic E-state index is -0.0758. The molecule has 1 saturated heterocycles. The molecule has 1 fully saturated rings. The molecule has 4 heterocycles. The van der Waals surface area contributed by atoms with Crippen molar-refractivity contribution < 1.29 is 18.8 Å². The van der Waals surface area contributed by atoms with Crippen LogP contribution in [-0.4, -0.2) is 50.9 Å². The van der Waals surface area contributed by atoms with Gasteiger partial charge in [0.25, 0.3) is 0 Å². The van der Waals surface area contributed by atoms with Crippen LogP contribution in [0.4, 0.5) is 4.79 Å². The summed E-state index contributed by atoms with van der Waals surface area (Å²) >= 11 is 0. The molecule has 5 rings (SSSR count). The number of aromatic nitrogens is 4. The molecule has 10 nitrogen and oxygen atoms in total. The number of likely N-dealkylation sites (tertiary alicyclic amines) is 1. The number of nitrogens with one attached hydrogen (secondary N) is 1. The van der Waals surface area contributed by atoms with Crippen molar-refractivity contribution in [1.82, 2.24) is 30.3 Å². The second-order valence-corrected chi connectivity index (χ2v) is 7.61. The number of hydrogen-bond acceptors (Lipinski definition) is 8. The van der Waals surface area contributed by atoms with Gasteiger partial charge in [0.15, 0.2) is 11.5 Å². The normalized spacial score (nSPS) is 17.5. The third-order valence-corrected chi connectivity index (χ3v) is 5.41. The van der Waals surface area contributed by atoms with Gasteiger partial charge in [-0.2, -0.15) is 4.98 Å². The summed E-state index contributed by atoms with van der Waals surface area (Å²) in [6.07, 6.45) is 7.36. The van der Waals surface area contributed by atoms with Crippen LogP contribution < -0.4 is 14.8 Å². The summed E-state index contributed by atoms with van der Waals surface area (Å²) in [6, 6.07) is 5.61. The number of urea groups is 1. The van der Waals surface area contributed by atoms with Gasteiger partial charge in [-0.05, 0) is 36.5 Å². The summed E-state index contributed by atoms with van der Waals surface area (Å²) in [5.41, 5.74) is 1.54. The van der Waals surface area contributed by atoms with Gasteiger partial charge in [-0.1, -0.05) is 11.2 Å². The van der Waals surface area contributed by atoms with Gasteiger partial charge in [-0.25, -0.2) is 9.78 Å². The van der Waals surface area contributed by atoms with Crippen LogP contribution in [0.3, 0.4) is 0 Å². The number of carbonyl (C=O) groups is 1. The van der Waals surface area contributed by atoms with Gasteiger partial charge < -0.3 is 24.2 Å². The van der Waals surface area contributed by atoms with E-state index in [-0.39, 0.29) is 18.7 Å². The lowest BCUT2D eigenvalue weighted by Gasteiger charge is -2.32. The van der Waals surface area contributed by atoms with E-state index in [1.54, 1.807) is 18.6 Å². The van der Waals surface area contributed by atoms with E-state index in [0.29, 0.717) is 42.7 Å². The van der Waals surface area contributed by atoms with E-state index in [9.17, 15) is 4.79 Å². The lowest BCUT2D eigenvalue weighted by Crippen LogP contribution is -2.45. The Bertz CT molecular complexity index is 1060. The van der Waals surface area contributed by atoms with Crippen LogP contribution in [0.5, 0.6) is 11.5 Å². The van der Waals surface area contributed by atoms with E-state index < -0.39 is 0 Å². The van der Waals surface area contributed by atoms with Crippen LogP contribution in [0.1, 0.15) is 24.3 Å². The lowest BCUT2D eigenvalue weighted by atomic mass is 9.95. The Labute approximate surface area is 178 Å². The number of carbonyl (C=O) groups excluding carboxylic acids is 1. The topological polar surface area (TPSA) is 116 Å². The predicted octanol–water partition coefficient (Wildman–Crippen LogP) is 2.42. The molecule has 2 amide bonds. The fourth-order valence-corrected chi connectivity index (χ4v) is 3.86. The van der Waals surface area contributed by atoms with E-state index in [1.165, 1.54) is 0 Å². The number of fused-ring (bicyclic) bond motifs is 1. The molecule has 3 aromatic rings. The Kier molecular flexibility index (Phi) is 5.34. The number of nitrogens with zero attached hydrogens (tertiary/aromatic N) is 5. The average Bonchev–Trinajstić information content (AvgIpc) is 3.47. The zero-order valence-corrected chi connectivity index (χ0v) is 16.9. The molecule has 1 atom stereocenters. The van der Waals surface area contributed by atoms with Crippen LogP contribution in [0.15, 0.2) is 41.3 Å². The number of hydrogen-bond donors (Lipinski definition) is 1. The zero-order valence-electron chi connectivity index (χ0n) is 16.9. The largest absolute Gasteiger partial charge is 0.454 e. The monoisotopic (exact) mass is 422 g/mol.